The van der Waals surface area contributed by atoms with Gasteiger partial charge in [-0.25, -0.2) is 0 Å². The molecule has 0 radical (unpaired) electrons. The molecular formula is C21H33N7O2. The minimum absolute atomic E-state index is 0.225. The summed E-state index contributed by atoms with van der Waals surface area (Å²) < 4.78 is 12.9. The molecule has 9 heteroatoms. The van der Waals surface area contributed by atoms with Gasteiger partial charge in [-0.2, -0.15) is 0 Å². The first-order valence-corrected chi connectivity index (χ1v) is 10.5. The number of hydrogen-bond donors (Lipinski definition) is 2. The molecule has 1 aromatic carbocycles. The van der Waals surface area contributed by atoms with Gasteiger partial charge in [-0.3, -0.25) is 9.89 Å². The zero-order valence-electron chi connectivity index (χ0n) is 18.2. The zero-order valence-corrected chi connectivity index (χ0v) is 18.2. The lowest BCUT2D eigenvalue weighted by Gasteiger charge is -2.35. The van der Waals surface area contributed by atoms with E-state index in [1.165, 1.54) is 5.56 Å². The number of hydrogen-bond acceptors (Lipinski definition) is 6. The van der Waals surface area contributed by atoms with Gasteiger partial charge in [0, 0.05) is 46.2 Å². The van der Waals surface area contributed by atoms with Crippen LogP contribution < -0.4 is 15.4 Å². The predicted octanol–water partition coefficient (Wildman–Crippen LogP) is 1.09. The van der Waals surface area contributed by atoms with Gasteiger partial charge in [-0.1, -0.05) is 19.1 Å². The molecule has 1 saturated heterocycles. The van der Waals surface area contributed by atoms with Crippen LogP contribution in [0.5, 0.6) is 5.75 Å². The number of rotatable bonds is 9. The molecule has 0 aliphatic carbocycles. The summed E-state index contributed by atoms with van der Waals surface area (Å²) in [6, 6.07) is 8.52. The van der Waals surface area contributed by atoms with E-state index >= 15 is 0 Å². The number of aliphatic imine (C=N–C) groups is 1. The molecule has 1 aromatic heterocycles. The number of methoxy groups -OCH3 is 1. The molecule has 1 fully saturated rings. The zero-order chi connectivity index (χ0) is 21.2. The van der Waals surface area contributed by atoms with Gasteiger partial charge in [0.2, 0.25) is 0 Å². The first-order chi connectivity index (χ1) is 14.7. The third-order valence-electron chi connectivity index (χ3n) is 5.33. The van der Waals surface area contributed by atoms with Crippen molar-refractivity contribution < 1.29 is 9.47 Å². The summed E-state index contributed by atoms with van der Waals surface area (Å²) in [5.74, 6) is 2.64. The van der Waals surface area contributed by atoms with Gasteiger partial charge in [0.25, 0.3) is 0 Å². The Morgan fingerprint density at radius 1 is 1.23 bits per heavy atom. The number of ether oxygens (including phenoxy) is 2. The summed E-state index contributed by atoms with van der Waals surface area (Å²) in [5.41, 5.74) is 1.25. The fraction of sp³-hybridized carbons (Fsp3) is 0.571. The molecule has 0 bridgehead atoms. The molecule has 2 heterocycles. The highest BCUT2D eigenvalue weighted by Crippen LogP contribution is 2.23. The number of nitrogens with one attached hydrogen (secondary N) is 2. The van der Waals surface area contributed by atoms with E-state index in [1.54, 1.807) is 20.5 Å². The maximum Gasteiger partial charge on any atom is 0.191 e. The average molecular weight is 416 g/mol. The van der Waals surface area contributed by atoms with Crippen LogP contribution in [0.15, 0.2) is 35.6 Å². The lowest BCUT2D eigenvalue weighted by molar-refractivity contribution is 0.0170. The topological polar surface area (TPSA) is 88.8 Å². The largest absolute Gasteiger partial charge is 0.497 e. The fourth-order valence-corrected chi connectivity index (χ4v) is 3.62. The highest BCUT2D eigenvalue weighted by atomic mass is 16.5. The van der Waals surface area contributed by atoms with Crippen LogP contribution in [-0.2, 0) is 17.7 Å². The molecule has 1 aliphatic heterocycles. The highest BCUT2D eigenvalue weighted by molar-refractivity contribution is 5.79. The van der Waals surface area contributed by atoms with E-state index in [1.807, 2.05) is 12.1 Å². The Morgan fingerprint density at radius 3 is 2.67 bits per heavy atom. The third kappa shape index (κ3) is 5.93. The smallest absolute Gasteiger partial charge is 0.191 e. The predicted molar refractivity (Wildman–Crippen MR) is 117 cm³/mol. The minimum Gasteiger partial charge on any atom is -0.497 e. The minimum atomic E-state index is 0.225. The Hall–Kier alpha value is -2.65. The first-order valence-electron chi connectivity index (χ1n) is 10.5. The van der Waals surface area contributed by atoms with Crippen LogP contribution in [0.2, 0.25) is 0 Å². The molecule has 2 N–H and O–H groups in total. The van der Waals surface area contributed by atoms with Crippen LogP contribution in [0, 0.1) is 0 Å². The monoisotopic (exact) mass is 415 g/mol. The van der Waals surface area contributed by atoms with Gasteiger partial charge in [-0.05, 0) is 17.7 Å². The molecule has 0 saturated carbocycles. The van der Waals surface area contributed by atoms with Gasteiger partial charge in [0.15, 0.2) is 5.96 Å². The van der Waals surface area contributed by atoms with Crippen molar-refractivity contribution in [1.29, 1.82) is 0 Å². The molecule has 164 valence electrons. The van der Waals surface area contributed by atoms with E-state index in [0.717, 1.165) is 69.9 Å². The number of benzene rings is 1. The summed E-state index contributed by atoms with van der Waals surface area (Å²) in [6.07, 6.45) is 2.64. The van der Waals surface area contributed by atoms with E-state index in [-0.39, 0.29) is 6.04 Å². The van der Waals surface area contributed by atoms with Crippen molar-refractivity contribution in [2.75, 3.05) is 53.6 Å². The average Bonchev–Trinajstić information content (AvgIpc) is 3.26. The maximum absolute atomic E-state index is 5.55. The first kappa shape index (κ1) is 22.0. The van der Waals surface area contributed by atoms with Gasteiger partial charge in [0.05, 0.1) is 26.4 Å². The van der Waals surface area contributed by atoms with E-state index in [4.69, 9.17) is 9.47 Å². The summed E-state index contributed by atoms with van der Waals surface area (Å²) in [4.78, 5) is 6.83. The molecule has 9 nitrogen and oxygen atoms in total. The molecule has 0 amide bonds. The Bertz CT molecular complexity index is 785. The number of guanidine groups is 1. The van der Waals surface area contributed by atoms with Crippen LogP contribution in [-0.4, -0.2) is 79.2 Å². The Morgan fingerprint density at radius 2 is 2.00 bits per heavy atom. The summed E-state index contributed by atoms with van der Waals surface area (Å²) in [6.45, 7) is 7.72. The molecule has 0 spiro atoms. The second-order valence-electron chi connectivity index (χ2n) is 7.11. The normalized spacial score (nSPS) is 16.3. The Balaban J connectivity index is 1.58. The Labute approximate surface area is 178 Å². The van der Waals surface area contributed by atoms with Gasteiger partial charge >= 0.3 is 0 Å². The van der Waals surface area contributed by atoms with Crippen molar-refractivity contribution in [2.45, 2.75) is 25.9 Å². The Kier molecular flexibility index (Phi) is 8.46. The second kappa shape index (κ2) is 11.5. The maximum atomic E-state index is 5.55. The lowest BCUT2D eigenvalue weighted by Crippen LogP contribution is -2.46. The van der Waals surface area contributed by atoms with Gasteiger partial charge < -0.3 is 24.7 Å². The van der Waals surface area contributed by atoms with Crippen molar-refractivity contribution >= 4 is 5.96 Å². The third-order valence-corrected chi connectivity index (χ3v) is 5.33. The standard InChI is InChI=1S/C21H33N7O2/c1-4-20-26-25-16-28(20)10-9-23-21(22-2)24-15-19(27-11-13-30-14-12-27)17-5-7-18(29-3)8-6-17/h5-8,16,19H,4,9-15H2,1-3H3,(H2,22,23,24). The summed E-state index contributed by atoms with van der Waals surface area (Å²) in [5, 5.41) is 15.0. The quantitative estimate of drug-likeness (QED) is 0.468. The molecule has 30 heavy (non-hydrogen) atoms. The van der Waals surface area contributed by atoms with Gasteiger partial charge in [0.1, 0.15) is 17.9 Å². The van der Waals surface area contributed by atoms with Crippen LogP contribution in [0.25, 0.3) is 0 Å². The van der Waals surface area contributed by atoms with Crippen molar-refractivity contribution in [3.8, 4) is 5.75 Å². The molecule has 2 aromatic rings. The number of aryl methyl sites for hydroxylation is 1. The summed E-state index contributed by atoms with van der Waals surface area (Å²) >= 11 is 0. The van der Waals surface area contributed by atoms with Crippen LogP contribution in [0.1, 0.15) is 24.4 Å². The molecule has 1 aliphatic rings. The van der Waals surface area contributed by atoms with E-state index in [9.17, 15) is 0 Å². The van der Waals surface area contributed by atoms with Crippen molar-refractivity contribution in [3.05, 3.63) is 42.0 Å². The SMILES string of the molecule is CCc1nncn1CCNC(=NC)NCC(c1ccc(OC)cc1)N1CCOCC1. The molecular weight excluding hydrogens is 382 g/mol. The van der Waals surface area contributed by atoms with Crippen molar-refractivity contribution in [2.24, 2.45) is 4.99 Å². The van der Waals surface area contributed by atoms with Crippen molar-refractivity contribution in [3.63, 3.8) is 0 Å². The fourth-order valence-electron chi connectivity index (χ4n) is 3.62. The molecule has 1 unspecified atom stereocenters. The number of nitrogens with zero attached hydrogens (tertiary/aromatic N) is 5. The van der Waals surface area contributed by atoms with E-state index in [0.29, 0.717) is 0 Å². The van der Waals surface area contributed by atoms with Crippen LogP contribution in [0.4, 0.5) is 0 Å². The molecule has 3 rings (SSSR count). The molecule has 1 atom stereocenters. The van der Waals surface area contributed by atoms with E-state index < -0.39 is 0 Å². The van der Waals surface area contributed by atoms with Crippen molar-refractivity contribution in [1.82, 2.24) is 30.3 Å². The van der Waals surface area contributed by atoms with Crippen LogP contribution >= 0.6 is 0 Å². The second-order valence-corrected chi connectivity index (χ2v) is 7.11. The highest BCUT2D eigenvalue weighted by Gasteiger charge is 2.23. The van der Waals surface area contributed by atoms with Gasteiger partial charge in [-0.15, -0.1) is 10.2 Å². The van der Waals surface area contributed by atoms with Crippen LogP contribution in [0.3, 0.4) is 0 Å². The van der Waals surface area contributed by atoms with E-state index in [2.05, 4.69) is 54.3 Å². The number of morpholine rings is 1. The lowest BCUT2D eigenvalue weighted by atomic mass is 10.0. The number of aromatic nitrogens is 3. The summed E-state index contributed by atoms with van der Waals surface area (Å²) in [7, 11) is 3.48.